The van der Waals surface area contributed by atoms with Crippen molar-refractivity contribution in [2.24, 2.45) is 5.92 Å². The Balaban J connectivity index is 0.714. The lowest BCUT2D eigenvalue weighted by molar-refractivity contribution is -0.172. The number of halogens is 1. The molecule has 6 aliphatic rings. The predicted molar refractivity (Wildman–Crippen MR) is 278 cm³/mol. The molecule has 390 valence electrons. The lowest BCUT2D eigenvalue weighted by atomic mass is 9.86. The predicted octanol–water partition coefficient (Wildman–Crippen LogP) is 5.92. The van der Waals surface area contributed by atoms with E-state index < -0.39 is 17.7 Å². The third-order valence-corrected chi connectivity index (χ3v) is 16.5. The van der Waals surface area contributed by atoms with Gasteiger partial charge in [0, 0.05) is 85.0 Å². The summed E-state index contributed by atoms with van der Waals surface area (Å²) in [6.45, 7) is 12.3. The van der Waals surface area contributed by atoms with Crippen LogP contribution in [0.3, 0.4) is 0 Å². The third kappa shape index (κ3) is 9.66. The molecule has 10 rings (SSSR count). The number of ether oxygens (including phenoxy) is 3. The van der Waals surface area contributed by atoms with Crippen molar-refractivity contribution in [3.8, 4) is 29.0 Å². The van der Waals surface area contributed by atoms with Crippen molar-refractivity contribution >= 4 is 40.5 Å². The Bertz CT molecular complexity index is 3080. The number of rotatable bonds is 11. The Kier molecular flexibility index (Phi) is 14.1. The number of aliphatic hydroxyl groups is 1. The number of carbonyl (C=O) groups is 3. The fraction of sp³-hybridized carbons (Fsp3) is 0.491. The van der Waals surface area contributed by atoms with Gasteiger partial charge in [0.15, 0.2) is 5.60 Å². The van der Waals surface area contributed by atoms with Gasteiger partial charge in [0.25, 0.3) is 11.5 Å². The maximum Gasteiger partial charge on any atom is 0.415 e. The highest BCUT2D eigenvalue weighted by atomic mass is 35.5. The number of fused-ring (bicyclic) bond motifs is 5. The largest absolute Gasteiger partial charge is 0.490 e. The monoisotopic (exact) mass is 1030 g/mol. The number of nitrogens with one attached hydrogen (secondary N) is 3. The molecule has 2 amide bonds. The fourth-order valence-electron chi connectivity index (χ4n) is 11.6. The van der Waals surface area contributed by atoms with E-state index in [1.54, 1.807) is 35.8 Å². The molecule has 19 heteroatoms. The number of nitrogens with zero attached hydrogens (tertiary/aromatic N) is 7. The van der Waals surface area contributed by atoms with Crippen molar-refractivity contribution in [1.29, 1.82) is 5.26 Å². The van der Waals surface area contributed by atoms with E-state index in [2.05, 4.69) is 45.9 Å². The van der Waals surface area contributed by atoms with Crippen LogP contribution in [-0.4, -0.2) is 123 Å². The number of hydrazine groups is 1. The van der Waals surface area contributed by atoms with Crippen molar-refractivity contribution < 1.29 is 33.7 Å². The first-order valence-electron chi connectivity index (χ1n) is 25.9. The Labute approximate surface area is 435 Å². The highest BCUT2D eigenvalue weighted by Gasteiger charge is 2.45. The third-order valence-electron chi connectivity index (χ3n) is 16.0. The molecule has 3 fully saturated rings. The van der Waals surface area contributed by atoms with Crippen LogP contribution in [0, 0.1) is 24.2 Å². The van der Waals surface area contributed by atoms with E-state index in [1.807, 2.05) is 55.1 Å². The van der Waals surface area contributed by atoms with Crippen molar-refractivity contribution in [3.05, 3.63) is 109 Å². The molecule has 3 atom stereocenters. The number of benzene rings is 2. The first-order chi connectivity index (χ1) is 35.5. The minimum atomic E-state index is -1.91. The highest BCUT2D eigenvalue weighted by Crippen LogP contribution is 2.41. The lowest BCUT2D eigenvalue weighted by Crippen LogP contribution is -2.59. The first kappa shape index (κ1) is 50.9. The number of piperazine rings is 1. The molecular weight excluding hydrogens is 964 g/mol. The Hall–Kier alpha value is -6.65. The summed E-state index contributed by atoms with van der Waals surface area (Å²) in [6, 6.07) is 13.0. The second-order valence-corrected chi connectivity index (χ2v) is 21.5. The summed E-state index contributed by atoms with van der Waals surface area (Å²) in [6.07, 6.45) is 8.71. The van der Waals surface area contributed by atoms with E-state index >= 15 is 0 Å². The van der Waals surface area contributed by atoms with Gasteiger partial charge in [0.1, 0.15) is 35.7 Å². The molecule has 4 aromatic rings. The highest BCUT2D eigenvalue weighted by molar-refractivity contribution is 6.32. The van der Waals surface area contributed by atoms with E-state index in [0.29, 0.717) is 63.7 Å². The molecule has 2 aromatic carbocycles. The number of allylic oxidation sites excluding steroid dienone is 2. The van der Waals surface area contributed by atoms with Gasteiger partial charge in [0.05, 0.1) is 45.7 Å². The Morgan fingerprint density at radius 3 is 2.47 bits per heavy atom. The van der Waals surface area contributed by atoms with Gasteiger partial charge in [-0.25, -0.2) is 14.6 Å². The van der Waals surface area contributed by atoms with E-state index in [-0.39, 0.29) is 66.4 Å². The van der Waals surface area contributed by atoms with Crippen molar-refractivity contribution in [2.75, 3.05) is 46.8 Å². The second kappa shape index (κ2) is 20.6. The molecule has 0 bridgehead atoms. The minimum Gasteiger partial charge on any atom is -0.490 e. The normalized spacial score (nSPS) is 23.9. The quantitative estimate of drug-likeness (QED) is 0.113. The summed E-state index contributed by atoms with van der Waals surface area (Å²) >= 11 is 6.35. The zero-order valence-corrected chi connectivity index (χ0v) is 43.7. The molecule has 2 aromatic heterocycles. The van der Waals surface area contributed by atoms with Crippen LogP contribution in [0.4, 0.5) is 4.79 Å². The summed E-state index contributed by atoms with van der Waals surface area (Å²) in [7, 11) is 3.91. The maximum atomic E-state index is 14.1. The molecule has 18 nitrogen and oxygen atoms in total. The first-order valence-corrected chi connectivity index (χ1v) is 26.3. The van der Waals surface area contributed by atoms with Gasteiger partial charge in [-0.15, -0.1) is 0 Å². The molecule has 74 heavy (non-hydrogen) atoms. The molecule has 0 unspecified atom stereocenters. The Morgan fingerprint density at radius 2 is 1.77 bits per heavy atom. The summed E-state index contributed by atoms with van der Waals surface area (Å²) < 4.78 is 19.4. The average Bonchev–Trinajstić information content (AvgIpc) is 3.77. The Morgan fingerprint density at radius 1 is 1.01 bits per heavy atom. The molecule has 2 saturated heterocycles. The molecule has 4 N–H and O–H groups in total. The topological polar surface area (TPSA) is 207 Å². The van der Waals surface area contributed by atoms with Gasteiger partial charge in [0.2, 0.25) is 0 Å². The number of hydrogen-bond donors (Lipinski definition) is 4. The van der Waals surface area contributed by atoms with Crippen LogP contribution in [0.15, 0.2) is 64.9 Å². The van der Waals surface area contributed by atoms with E-state index in [1.165, 1.54) is 0 Å². The van der Waals surface area contributed by atoms with Crippen LogP contribution in [0.5, 0.6) is 11.5 Å². The van der Waals surface area contributed by atoms with Gasteiger partial charge in [-0.1, -0.05) is 18.5 Å². The summed E-state index contributed by atoms with van der Waals surface area (Å²) in [4.78, 5) is 67.6. The van der Waals surface area contributed by atoms with Crippen LogP contribution in [0.25, 0.3) is 22.3 Å². The van der Waals surface area contributed by atoms with Crippen LogP contribution in [-0.2, 0) is 39.6 Å². The van der Waals surface area contributed by atoms with Crippen molar-refractivity contribution in [1.82, 2.24) is 45.3 Å². The summed E-state index contributed by atoms with van der Waals surface area (Å²) in [5.74, 6) is 1.67. The zero-order chi connectivity index (χ0) is 52.2. The molecule has 1 aliphatic carbocycles. The number of nitriles is 1. The number of carbonyl (C=O) groups excluding carboxylic acids is 3. The van der Waals surface area contributed by atoms with Gasteiger partial charge in [-0.3, -0.25) is 25.3 Å². The molecule has 7 heterocycles. The number of hydrogen-bond acceptors (Lipinski definition) is 15. The number of amides is 2. The maximum absolute atomic E-state index is 14.1. The van der Waals surface area contributed by atoms with Crippen molar-refractivity contribution in [3.63, 3.8) is 0 Å². The fourth-order valence-corrected chi connectivity index (χ4v) is 11.8. The number of esters is 1. The van der Waals surface area contributed by atoms with Crippen LogP contribution < -0.4 is 31.2 Å². The number of pyridine rings is 2. The lowest BCUT2D eigenvalue weighted by Gasteiger charge is -2.45. The van der Waals surface area contributed by atoms with Crippen molar-refractivity contribution in [2.45, 2.75) is 122 Å². The van der Waals surface area contributed by atoms with Gasteiger partial charge in [-0.2, -0.15) is 5.26 Å². The summed E-state index contributed by atoms with van der Waals surface area (Å²) in [5, 5.41) is 25.0. The van der Waals surface area contributed by atoms with Crippen LogP contribution in [0.2, 0.25) is 5.02 Å². The molecular formula is C55H65ClN10O8. The van der Waals surface area contributed by atoms with E-state index in [9.17, 15) is 29.5 Å². The van der Waals surface area contributed by atoms with Gasteiger partial charge < -0.3 is 43.9 Å². The standard InChI is InChI=1S/C55H65ClN10O8/c1-7-55(71)42-23-45-50-36(28-66(45)52(68)41(42)30-72-53(55)69)22-39-40(29-62(5)6)47(16-13-43(39)59-50)74-54(70)65-26-31(2)64(25-32(65)3)27-34-18-20-63(21-19-34)48-17-14-44(60-61-48)51(67)58-37-9-11-38(12-10-37)73-46-15-8-35(24-57)49(56)33(46)4/h8,13-17,22-23,31-32,34,37-38,60-61,71H,7,9-12,18-21,25-30H2,1-6H3,(H,58,67)/t31-,32+,37?,38?,55-/m0/s1. The zero-order valence-electron chi connectivity index (χ0n) is 42.9. The van der Waals surface area contributed by atoms with E-state index in [0.717, 1.165) is 92.6 Å². The van der Waals surface area contributed by atoms with Crippen LogP contribution in [0.1, 0.15) is 99.1 Å². The molecule has 0 spiro atoms. The van der Waals surface area contributed by atoms with Gasteiger partial charge >= 0.3 is 12.1 Å². The van der Waals surface area contributed by atoms with Gasteiger partial charge in [-0.05, 0) is 134 Å². The number of cyclic esters (lactones) is 1. The molecule has 1 saturated carbocycles. The second-order valence-electron chi connectivity index (χ2n) is 21.2. The number of piperidine rings is 1. The minimum absolute atomic E-state index is 0.0149. The average molecular weight is 1030 g/mol. The number of likely N-dealkylation sites (tertiary alicyclic amines) is 1. The smallest absolute Gasteiger partial charge is 0.415 e. The van der Waals surface area contributed by atoms with Crippen LogP contribution >= 0.6 is 11.6 Å². The SMILES string of the molecule is CC[C@@]1(O)C(=O)OCc2c1cc1n(c2=O)Cc2cc3c(CN(C)C)c(OC(=O)N4C[C@H](C)N(CC5CCN(C6=CC=C(C(=O)NC7CCC(Oc8ccc(C#N)c(Cl)c8C)CC7)NN6)CC5)C[C@H]4C)ccc3nc2-1. The molecule has 0 radical (unpaired) electrons. The molecule has 5 aliphatic heterocycles. The number of aromatic nitrogens is 2. The van der Waals surface area contributed by atoms with E-state index in [4.69, 9.17) is 30.8 Å². The summed E-state index contributed by atoms with van der Waals surface area (Å²) in [5.41, 5.74) is 9.79.